The molecule has 0 spiro atoms. The smallest absolute Gasteiger partial charge is 0.134 e. The zero-order valence-corrected chi connectivity index (χ0v) is 15.5. The Morgan fingerprint density at radius 3 is 2.52 bits per heavy atom. The lowest BCUT2D eigenvalue weighted by molar-refractivity contribution is 0.122. The van der Waals surface area contributed by atoms with Crippen molar-refractivity contribution >= 4 is 11.6 Å². The third-order valence-electron chi connectivity index (χ3n) is 5.25. The molecule has 4 rings (SSSR count). The Bertz CT molecular complexity index is 727. The first-order valence-electron chi connectivity index (χ1n) is 9.64. The van der Waals surface area contributed by atoms with Crippen molar-refractivity contribution < 1.29 is 9.13 Å². The van der Waals surface area contributed by atoms with Crippen LogP contribution >= 0.6 is 0 Å². The van der Waals surface area contributed by atoms with E-state index in [1.54, 1.807) is 6.33 Å². The van der Waals surface area contributed by atoms with Crippen LogP contribution in [0.25, 0.3) is 0 Å². The Morgan fingerprint density at radius 1 is 1.04 bits per heavy atom. The van der Waals surface area contributed by atoms with Gasteiger partial charge in [0.05, 0.1) is 13.2 Å². The molecule has 27 heavy (non-hydrogen) atoms. The number of aromatic nitrogens is 2. The number of nitrogens with zero attached hydrogens (tertiary/aromatic N) is 4. The van der Waals surface area contributed by atoms with Crippen molar-refractivity contribution in [2.45, 2.75) is 25.4 Å². The topological polar surface area (TPSA) is 53.5 Å². The molecule has 2 aliphatic rings. The fraction of sp³-hybridized carbons (Fsp3) is 0.500. The summed E-state index contributed by atoms with van der Waals surface area (Å²) in [7, 11) is 0. The highest BCUT2D eigenvalue weighted by Gasteiger charge is 2.20. The van der Waals surface area contributed by atoms with Gasteiger partial charge in [-0.25, -0.2) is 14.4 Å². The van der Waals surface area contributed by atoms with Gasteiger partial charge in [0, 0.05) is 44.8 Å². The fourth-order valence-electron chi connectivity index (χ4n) is 3.68. The highest BCUT2D eigenvalue weighted by Crippen LogP contribution is 2.20. The van der Waals surface area contributed by atoms with E-state index in [1.807, 2.05) is 18.2 Å². The first-order chi connectivity index (χ1) is 13.3. The van der Waals surface area contributed by atoms with Crippen LogP contribution in [0.2, 0.25) is 0 Å². The van der Waals surface area contributed by atoms with E-state index < -0.39 is 0 Å². The van der Waals surface area contributed by atoms with Crippen LogP contribution in [-0.4, -0.2) is 60.3 Å². The number of anilines is 2. The second-order valence-electron chi connectivity index (χ2n) is 7.18. The summed E-state index contributed by atoms with van der Waals surface area (Å²) in [6.07, 6.45) is 3.77. The molecule has 1 N–H and O–H groups in total. The summed E-state index contributed by atoms with van der Waals surface area (Å²) in [6.45, 7) is 6.17. The van der Waals surface area contributed by atoms with E-state index in [0.717, 1.165) is 76.0 Å². The maximum Gasteiger partial charge on any atom is 0.134 e. The summed E-state index contributed by atoms with van der Waals surface area (Å²) >= 11 is 0. The SMILES string of the molecule is Fc1ccc(CN2CCC(Nc3cc(N4CCOCC4)ncn3)CC2)cc1. The van der Waals surface area contributed by atoms with E-state index >= 15 is 0 Å². The van der Waals surface area contributed by atoms with Gasteiger partial charge in [-0.05, 0) is 30.5 Å². The summed E-state index contributed by atoms with van der Waals surface area (Å²) < 4.78 is 18.4. The van der Waals surface area contributed by atoms with Gasteiger partial charge in [-0.3, -0.25) is 4.90 Å². The van der Waals surface area contributed by atoms with Crippen LogP contribution in [0.4, 0.5) is 16.0 Å². The van der Waals surface area contributed by atoms with Gasteiger partial charge in [-0.15, -0.1) is 0 Å². The molecule has 7 heteroatoms. The highest BCUT2D eigenvalue weighted by molar-refractivity contribution is 5.49. The third-order valence-corrected chi connectivity index (χ3v) is 5.25. The molecule has 2 saturated heterocycles. The molecule has 144 valence electrons. The predicted octanol–water partition coefficient (Wildman–Crippen LogP) is 2.53. The molecule has 1 aromatic heterocycles. The molecule has 0 aliphatic carbocycles. The quantitative estimate of drug-likeness (QED) is 0.872. The number of piperidine rings is 1. The monoisotopic (exact) mass is 371 g/mol. The van der Waals surface area contributed by atoms with E-state index in [0.29, 0.717) is 6.04 Å². The minimum absolute atomic E-state index is 0.178. The minimum Gasteiger partial charge on any atom is -0.378 e. The van der Waals surface area contributed by atoms with Gasteiger partial charge in [-0.1, -0.05) is 12.1 Å². The van der Waals surface area contributed by atoms with Crippen molar-refractivity contribution in [1.82, 2.24) is 14.9 Å². The second-order valence-corrected chi connectivity index (χ2v) is 7.18. The number of halogens is 1. The zero-order chi connectivity index (χ0) is 18.5. The van der Waals surface area contributed by atoms with E-state index in [1.165, 1.54) is 12.1 Å². The molecule has 6 nitrogen and oxygen atoms in total. The molecular formula is C20H26FN5O. The number of morpholine rings is 1. The van der Waals surface area contributed by atoms with Gasteiger partial charge in [0.1, 0.15) is 23.8 Å². The number of nitrogens with one attached hydrogen (secondary N) is 1. The maximum atomic E-state index is 13.0. The molecule has 0 atom stereocenters. The number of hydrogen-bond donors (Lipinski definition) is 1. The summed E-state index contributed by atoms with van der Waals surface area (Å²) in [5.41, 5.74) is 1.16. The van der Waals surface area contributed by atoms with Crippen LogP contribution in [0.15, 0.2) is 36.7 Å². The molecule has 2 aromatic rings. The Hall–Kier alpha value is -2.25. The van der Waals surface area contributed by atoms with Crippen molar-refractivity contribution in [3.8, 4) is 0 Å². The van der Waals surface area contributed by atoms with Crippen LogP contribution in [0.3, 0.4) is 0 Å². The number of hydrogen-bond acceptors (Lipinski definition) is 6. The van der Waals surface area contributed by atoms with Crippen molar-refractivity contribution in [2.24, 2.45) is 0 Å². The van der Waals surface area contributed by atoms with E-state index in [9.17, 15) is 4.39 Å². The standard InChI is InChI=1S/C20H26FN5O/c21-17-3-1-16(2-4-17)14-25-7-5-18(6-8-25)24-19-13-20(23-15-22-19)26-9-11-27-12-10-26/h1-4,13,15,18H,5-12,14H2,(H,22,23,24). The highest BCUT2D eigenvalue weighted by atomic mass is 19.1. The van der Waals surface area contributed by atoms with Crippen LogP contribution < -0.4 is 10.2 Å². The maximum absolute atomic E-state index is 13.0. The van der Waals surface area contributed by atoms with Crippen molar-refractivity contribution in [1.29, 1.82) is 0 Å². The Morgan fingerprint density at radius 2 is 1.78 bits per heavy atom. The molecular weight excluding hydrogens is 345 g/mol. The van der Waals surface area contributed by atoms with E-state index in [2.05, 4.69) is 25.1 Å². The summed E-state index contributed by atoms with van der Waals surface area (Å²) in [6, 6.07) is 9.26. The third kappa shape index (κ3) is 4.93. The van der Waals surface area contributed by atoms with Gasteiger partial charge in [0.2, 0.25) is 0 Å². The Balaban J connectivity index is 1.28. The van der Waals surface area contributed by atoms with Crippen molar-refractivity contribution in [3.63, 3.8) is 0 Å². The lowest BCUT2D eigenvalue weighted by Gasteiger charge is -2.33. The lowest BCUT2D eigenvalue weighted by Crippen LogP contribution is -2.39. The average Bonchev–Trinajstić information content (AvgIpc) is 2.72. The second kappa shape index (κ2) is 8.63. The summed E-state index contributed by atoms with van der Waals surface area (Å²) in [5.74, 6) is 1.68. The summed E-state index contributed by atoms with van der Waals surface area (Å²) in [5, 5.41) is 3.57. The van der Waals surface area contributed by atoms with Crippen LogP contribution in [0.5, 0.6) is 0 Å². The molecule has 0 saturated carbocycles. The molecule has 0 unspecified atom stereocenters. The van der Waals surface area contributed by atoms with E-state index in [4.69, 9.17) is 4.74 Å². The number of ether oxygens (including phenoxy) is 1. The van der Waals surface area contributed by atoms with Gasteiger partial charge < -0.3 is 15.0 Å². The van der Waals surface area contributed by atoms with E-state index in [-0.39, 0.29) is 5.82 Å². The van der Waals surface area contributed by atoms with Crippen molar-refractivity contribution in [3.05, 3.63) is 48.0 Å². The van der Waals surface area contributed by atoms with Gasteiger partial charge >= 0.3 is 0 Å². The van der Waals surface area contributed by atoms with Crippen molar-refractivity contribution in [2.75, 3.05) is 49.6 Å². The molecule has 2 aliphatic heterocycles. The Kier molecular flexibility index (Phi) is 5.79. The zero-order valence-electron chi connectivity index (χ0n) is 15.5. The predicted molar refractivity (Wildman–Crippen MR) is 103 cm³/mol. The fourth-order valence-corrected chi connectivity index (χ4v) is 3.68. The minimum atomic E-state index is -0.178. The molecule has 0 amide bonds. The lowest BCUT2D eigenvalue weighted by atomic mass is 10.0. The number of rotatable bonds is 5. The first kappa shape index (κ1) is 18.1. The first-order valence-corrected chi connectivity index (χ1v) is 9.64. The molecule has 3 heterocycles. The summed E-state index contributed by atoms with van der Waals surface area (Å²) in [4.78, 5) is 13.5. The number of benzene rings is 1. The largest absolute Gasteiger partial charge is 0.378 e. The van der Waals surface area contributed by atoms with Crippen LogP contribution in [0, 0.1) is 5.82 Å². The van der Waals surface area contributed by atoms with Gasteiger partial charge in [-0.2, -0.15) is 0 Å². The average molecular weight is 371 g/mol. The van der Waals surface area contributed by atoms with Gasteiger partial charge in [0.25, 0.3) is 0 Å². The van der Waals surface area contributed by atoms with Gasteiger partial charge in [0.15, 0.2) is 0 Å². The molecule has 0 radical (unpaired) electrons. The Labute approximate surface area is 159 Å². The van der Waals surface area contributed by atoms with Crippen LogP contribution in [0.1, 0.15) is 18.4 Å². The normalized spacial score (nSPS) is 19.2. The molecule has 2 fully saturated rings. The molecule has 1 aromatic carbocycles. The molecule has 0 bridgehead atoms. The number of likely N-dealkylation sites (tertiary alicyclic amines) is 1. The van der Waals surface area contributed by atoms with Crippen LogP contribution in [-0.2, 0) is 11.3 Å².